The van der Waals surface area contributed by atoms with Crippen LogP contribution in [0.2, 0.25) is 0 Å². The van der Waals surface area contributed by atoms with Gasteiger partial charge >= 0.3 is 0 Å². The van der Waals surface area contributed by atoms with E-state index in [1.807, 2.05) is 39.0 Å². The zero-order valence-electron chi connectivity index (χ0n) is 16.8. The van der Waals surface area contributed by atoms with E-state index in [1.165, 1.54) is 0 Å². The minimum absolute atomic E-state index is 0.255. The second kappa shape index (κ2) is 9.06. The van der Waals surface area contributed by atoms with Gasteiger partial charge in [-0.05, 0) is 80.4 Å². The Bertz CT molecular complexity index is 1030. The second-order valence-electron chi connectivity index (χ2n) is 6.69. The van der Waals surface area contributed by atoms with Crippen LogP contribution in [0.25, 0.3) is 0 Å². The molecule has 5 nitrogen and oxygen atoms in total. The van der Waals surface area contributed by atoms with Gasteiger partial charge in [0.2, 0.25) is 0 Å². The lowest BCUT2D eigenvalue weighted by atomic mass is 10.1. The highest BCUT2D eigenvalue weighted by Crippen LogP contribution is 2.20. The number of hydrogen-bond donors (Lipinski definition) is 2. The number of ether oxygens (including phenoxy) is 1. The number of carbonyl (C=O) groups excluding carboxylic acids is 2. The summed E-state index contributed by atoms with van der Waals surface area (Å²) in [6.45, 7) is 6.46. The molecule has 3 rings (SSSR count). The highest BCUT2D eigenvalue weighted by molar-refractivity contribution is 6.09. The summed E-state index contributed by atoms with van der Waals surface area (Å²) in [6, 6.07) is 19.6. The van der Waals surface area contributed by atoms with E-state index in [-0.39, 0.29) is 11.8 Å². The molecule has 0 spiro atoms. The molecule has 0 saturated carbocycles. The molecule has 29 heavy (non-hydrogen) atoms. The molecular weight excluding hydrogens is 364 g/mol. The van der Waals surface area contributed by atoms with Crippen molar-refractivity contribution in [3.05, 3.63) is 89.0 Å². The highest BCUT2D eigenvalue weighted by atomic mass is 16.5. The van der Waals surface area contributed by atoms with E-state index in [0.717, 1.165) is 22.6 Å². The normalized spacial score (nSPS) is 10.3. The molecule has 0 radical (unpaired) electrons. The van der Waals surface area contributed by atoms with Crippen molar-refractivity contribution in [2.45, 2.75) is 20.8 Å². The van der Waals surface area contributed by atoms with Gasteiger partial charge in [-0.3, -0.25) is 9.59 Å². The largest absolute Gasteiger partial charge is 0.494 e. The van der Waals surface area contributed by atoms with Crippen LogP contribution in [0.4, 0.5) is 11.4 Å². The van der Waals surface area contributed by atoms with Crippen LogP contribution in [0.5, 0.6) is 5.75 Å². The van der Waals surface area contributed by atoms with Crippen molar-refractivity contribution in [2.24, 2.45) is 0 Å². The van der Waals surface area contributed by atoms with Crippen LogP contribution < -0.4 is 15.4 Å². The summed E-state index contributed by atoms with van der Waals surface area (Å²) in [7, 11) is 0. The van der Waals surface area contributed by atoms with E-state index < -0.39 is 0 Å². The van der Waals surface area contributed by atoms with E-state index in [0.29, 0.717) is 23.4 Å². The Morgan fingerprint density at radius 3 is 2.10 bits per heavy atom. The van der Waals surface area contributed by atoms with Gasteiger partial charge in [-0.15, -0.1) is 0 Å². The van der Waals surface area contributed by atoms with Crippen molar-refractivity contribution in [3.8, 4) is 5.75 Å². The van der Waals surface area contributed by atoms with Gasteiger partial charge in [0.15, 0.2) is 0 Å². The molecule has 2 amide bonds. The van der Waals surface area contributed by atoms with Crippen LogP contribution in [0.15, 0.2) is 66.7 Å². The Kier molecular flexibility index (Phi) is 6.29. The van der Waals surface area contributed by atoms with Crippen LogP contribution in [-0.2, 0) is 0 Å². The maximum absolute atomic E-state index is 12.7. The standard InChI is InChI=1S/C24H24N2O3/c1-4-29-21-13-11-20(12-14-21)25-23(27)18-8-6-9-19(15-18)24(28)26-22-10-5-7-16(2)17(22)3/h5-15H,4H2,1-3H3,(H,25,27)(H,26,28). The molecule has 0 aliphatic carbocycles. The number of rotatable bonds is 6. The van der Waals surface area contributed by atoms with Crippen LogP contribution in [0.1, 0.15) is 38.8 Å². The third-order valence-electron chi connectivity index (χ3n) is 4.66. The lowest BCUT2D eigenvalue weighted by molar-refractivity contribution is 0.102. The molecular formula is C24H24N2O3. The maximum Gasteiger partial charge on any atom is 0.255 e. The van der Waals surface area contributed by atoms with Gasteiger partial charge in [-0.1, -0.05) is 18.2 Å². The molecule has 5 heteroatoms. The zero-order chi connectivity index (χ0) is 20.8. The lowest BCUT2D eigenvalue weighted by Gasteiger charge is -2.11. The summed E-state index contributed by atoms with van der Waals surface area (Å²) in [5.74, 6) is 0.209. The molecule has 0 aromatic heterocycles. The van der Waals surface area contributed by atoms with Gasteiger partial charge < -0.3 is 15.4 Å². The van der Waals surface area contributed by atoms with Gasteiger partial charge in [0.1, 0.15) is 5.75 Å². The Hall–Kier alpha value is -3.60. The maximum atomic E-state index is 12.7. The Morgan fingerprint density at radius 2 is 1.45 bits per heavy atom. The number of carbonyl (C=O) groups is 2. The first-order valence-electron chi connectivity index (χ1n) is 9.49. The number of benzene rings is 3. The van der Waals surface area contributed by atoms with Gasteiger partial charge in [0, 0.05) is 22.5 Å². The van der Waals surface area contributed by atoms with Crippen molar-refractivity contribution in [2.75, 3.05) is 17.2 Å². The monoisotopic (exact) mass is 388 g/mol. The Morgan fingerprint density at radius 1 is 0.828 bits per heavy atom. The van der Waals surface area contributed by atoms with Gasteiger partial charge in [0.25, 0.3) is 11.8 Å². The molecule has 3 aromatic carbocycles. The van der Waals surface area contributed by atoms with Crippen molar-refractivity contribution in [1.29, 1.82) is 0 Å². The third-order valence-corrected chi connectivity index (χ3v) is 4.66. The minimum Gasteiger partial charge on any atom is -0.494 e. The van der Waals surface area contributed by atoms with Crippen molar-refractivity contribution in [3.63, 3.8) is 0 Å². The van der Waals surface area contributed by atoms with Crippen LogP contribution in [0.3, 0.4) is 0 Å². The molecule has 0 atom stereocenters. The number of aryl methyl sites for hydroxylation is 1. The zero-order valence-corrected chi connectivity index (χ0v) is 16.8. The molecule has 0 bridgehead atoms. The van der Waals surface area contributed by atoms with E-state index in [9.17, 15) is 9.59 Å². The summed E-state index contributed by atoms with van der Waals surface area (Å²) in [6.07, 6.45) is 0. The van der Waals surface area contributed by atoms with Gasteiger partial charge in [-0.2, -0.15) is 0 Å². The van der Waals surface area contributed by atoms with Crippen LogP contribution in [-0.4, -0.2) is 18.4 Å². The fourth-order valence-corrected chi connectivity index (χ4v) is 2.89. The van der Waals surface area contributed by atoms with Crippen molar-refractivity contribution < 1.29 is 14.3 Å². The van der Waals surface area contributed by atoms with E-state index in [2.05, 4.69) is 10.6 Å². The molecule has 0 heterocycles. The fraction of sp³-hybridized carbons (Fsp3) is 0.167. The third kappa shape index (κ3) is 5.02. The average molecular weight is 388 g/mol. The first-order chi connectivity index (χ1) is 14.0. The van der Waals surface area contributed by atoms with Crippen LogP contribution in [0, 0.1) is 13.8 Å². The first-order valence-corrected chi connectivity index (χ1v) is 9.49. The molecule has 0 unspecified atom stereocenters. The summed E-state index contributed by atoms with van der Waals surface area (Å²) in [5.41, 5.74) is 4.37. The second-order valence-corrected chi connectivity index (χ2v) is 6.69. The van der Waals surface area contributed by atoms with E-state index in [4.69, 9.17) is 4.74 Å². The first kappa shape index (κ1) is 20.1. The molecule has 0 fully saturated rings. The van der Waals surface area contributed by atoms with Crippen molar-refractivity contribution >= 4 is 23.2 Å². The summed E-state index contributed by atoms with van der Waals surface area (Å²) in [4.78, 5) is 25.2. The highest BCUT2D eigenvalue weighted by Gasteiger charge is 2.12. The summed E-state index contributed by atoms with van der Waals surface area (Å²) in [5, 5.41) is 5.75. The predicted octanol–water partition coefficient (Wildman–Crippen LogP) is 5.21. The van der Waals surface area contributed by atoms with Gasteiger partial charge in [0.05, 0.1) is 6.61 Å². The van der Waals surface area contributed by atoms with Gasteiger partial charge in [-0.25, -0.2) is 0 Å². The molecule has 0 saturated heterocycles. The quantitative estimate of drug-likeness (QED) is 0.609. The fourth-order valence-electron chi connectivity index (χ4n) is 2.89. The lowest BCUT2D eigenvalue weighted by Crippen LogP contribution is -2.16. The summed E-state index contributed by atoms with van der Waals surface area (Å²) >= 11 is 0. The molecule has 0 aliphatic heterocycles. The SMILES string of the molecule is CCOc1ccc(NC(=O)c2cccc(C(=O)Nc3cccc(C)c3C)c2)cc1. The topological polar surface area (TPSA) is 67.4 Å². The smallest absolute Gasteiger partial charge is 0.255 e. The summed E-state index contributed by atoms with van der Waals surface area (Å²) < 4.78 is 5.40. The molecule has 2 N–H and O–H groups in total. The number of nitrogens with one attached hydrogen (secondary N) is 2. The molecule has 0 aliphatic rings. The van der Waals surface area contributed by atoms with Crippen LogP contribution >= 0.6 is 0 Å². The number of anilines is 2. The number of hydrogen-bond acceptors (Lipinski definition) is 3. The molecule has 3 aromatic rings. The Balaban J connectivity index is 1.71. The number of amides is 2. The van der Waals surface area contributed by atoms with E-state index >= 15 is 0 Å². The Labute approximate surface area is 170 Å². The molecule has 148 valence electrons. The van der Waals surface area contributed by atoms with E-state index in [1.54, 1.807) is 48.5 Å². The minimum atomic E-state index is -0.282. The average Bonchev–Trinajstić information content (AvgIpc) is 2.73. The predicted molar refractivity (Wildman–Crippen MR) is 116 cm³/mol. The van der Waals surface area contributed by atoms with Crippen molar-refractivity contribution in [1.82, 2.24) is 0 Å².